The summed E-state index contributed by atoms with van der Waals surface area (Å²) in [4.78, 5) is 29.4. The standard InChI is InChI=1S/C23H19N3O3/c1-15-6-10-17(11-7-15)21-23(28)26(20-5-3-2-4-19(20)24-21)14-16-8-12-18(13-9-16)22(27)25-29/h2-13,29H,14H2,1H3,(H,25,27). The van der Waals surface area contributed by atoms with E-state index in [0.717, 1.165) is 27.7 Å². The third-order valence-corrected chi connectivity index (χ3v) is 4.84. The molecule has 0 aliphatic rings. The molecular formula is C23H19N3O3. The lowest BCUT2D eigenvalue weighted by molar-refractivity contribution is 0.0706. The van der Waals surface area contributed by atoms with Crippen LogP contribution >= 0.6 is 0 Å². The molecule has 0 fully saturated rings. The summed E-state index contributed by atoms with van der Waals surface area (Å²) in [5.74, 6) is -0.579. The van der Waals surface area contributed by atoms with Gasteiger partial charge in [0.05, 0.1) is 17.6 Å². The molecule has 0 aliphatic heterocycles. The van der Waals surface area contributed by atoms with Gasteiger partial charge < -0.3 is 4.57 Å². The van der Waals surface area contributed by atoms with Crippen LogP contribution in [0.4, 0.5) is 0 Å². The summed E-state index contributed by atoms with van der Waals surface area (Å²) in [7, 11) is 0. The maximum atomic E-state index is 13.3. The number of nitrogens with one attached hydrogen (secondary N) is 1. The molecule has 6 heteroatoms. The third-order valence-electron chi connectivity index (χ3n) is 4.84. The van der Waals surface area contributed by atoms with Crippen molar-refractivity contribution < 1.29 is 10.0 Å². The molecule has 0 bridgehead atoms. The molecular weight excluding hydrogens is 366 g/mol. The second-order valence-electron chi connectivity index (χ2n) is 6.84. The molecule has 0 saturated heterocycles. The predicted octanol–water partition coefficient (Wildman–Crippen LogP) is 3.54. The van der Waals surface area contributed by atoms with E-state index in [4.69, 9.17) is 5.21 Å². The fraction of sp³-hybridized carbons (Fsp3) is 0.0870. The van der Waals surface area contributed by atoms with E-state index in [0.29, 0.717) is 17.8 Å². The second-order valence-corrected chi connectivity index (χ2v) is 6.84. The Morgan fingerprint density at radius 3 is 2.38 bits per heavy atom. The van der Waals surface area contributed by atoms with Crippen LogP contribution in [0.1, 0.15) is 21.5 Å². The highest BCUT2D eigenvalue weighted by Gasteiger charge is 2.13. The van der Waals surface area contributed by atoms with Crippen molar-refractivity contribution in [2.45, 2.75) is 13.5 Å². The van der Waals surface area contributed by atoms with Gasteiger partial charge in [-0.1, -0.05) is 54.1 Å². The van der Waals surface area contributed by atoms with Crippen molar-refractivity contribution in [3.63, 3.8) is 0 Å². The van der Waals surface area contributed by atoms with Gasteiger partial charge >= 0.3 is 0 Å². The first kappa shape index (κ1) is 18.6. The summed E-state index contributed by atoms with van der Waals surface area (Å²) in [6, 6.07) is 22.0. The van der Waals surface area contributed by atoms with Gasteiger partial charge in [-0.3, -0.25) is 14.8 Å². The minimum atomic E-state index is -0.579. The van der Waals surface area contributed by atoms with Gasteiger partial charge in [0.15, 0.2) is 0 Å². The molecule has 1 amide bonds. The van der Waals surface area contributed by atoms with Gasteiger partial charge in [0.25, 0.3) is 11.5 Å². The van der Waals surface area contributed by atoms with Crippen LogP contribution < -0.4 is 11.0 Å². The number of nitrogens with zero attached hydrogens (tertiary/aromatic N) is 2. The van der Waals surface area contributed by atoms with Crippen molar-refractivity contribution in [1.82, 2.24) is 15.0 Å². The molecule has 0 saturated carbocycles. The van der Waals surface area contributed by atoms with Crippen LogP contribution in [0.2, 0.25) is 0 Å². The van der Waals surface area contributed by atoms with E-state index in [1.54, 1.807) is 34.3 Å². The lowest BCUT2D eigenvalue weighted by atomic mass is 10.1. The summed E-state index contributed by atoms with van der Waals surface area (Å²) >= 11 is 0. The van der Waals surface area contributed by atoms with Gasteiger partial charge in [-0.25, -0.2) is 10.5 Å². The molecule has 29 heavy (non-hydrogen) atoms. The monoisotopic (exact) mass is 385 g/mol. The maximum absolute atomic E-state index is 13.3. The van der Waals surface area contributed by atoms with E-state index in [9.17, 15) is 9.59 Å². The fourth-order valence-electron chi connectivity index (χ4n) is 3.26. The van der Waals surface area contributed by atoms with Crippen molar-refractivity contribution in [3.05, 3.63) is 99.8 Å². The number of hydrogen-bond donors (Lipinski definition) is 2. The average Bonchev–Trinajstić information content (AvgIpc) is 2.76. The molecule has 144 valence electrons. The molecule has 4 aromatic rings. The van der Waals surface area contributed by atoms with E-state index in [-0.39, 0.29) is 5.56 Å². The zero-order valence-corrected chi connectivity index (χ0v) is 15.8. The number of carbonyl (C=O) groups is 1. The highest BCUT2D eigenvalue weighted by Crippen LogP contribution is 2.19. The van der Waals surface area contributed by atoms with Gasteiger partial charge in [-0.2, -0.15) is 0 Å². The van der Waals surface area contributed by atoms with Gasteiger partial charge in [0.1, 0.15) is 5.69 Å². The summed E-state index contributed by atoms with van der Waals surface area (Å²) < 4.78 is 1.69. The minimum Gasteiger partial charge on any atom is -0.300 e. The van der Waals surface area contributed by atoms with E-state index in [1.807, 2.05) is 55.5 Å². The smallest absolute Gasteiger partial charge is 0.277 e. The Labute approximate surface area is 167 Å². The zero-order chi connectivity index (χ0) is 20.4. The molecule has 1 aromatic heterocycles. The number of fused-ring (bicyclic) bond motifs is 1. The molecule has 0 atom stereocenters. The van der Waals surface area contributed by atoms with Crippen molar-refractivity contribution >= 4 is 16.9 Å². The zero-order valence-electron chi connectivity index (χ0n) is 15.8. The minimum absolute atomic E-state index is 0.176. The lowest BCUT2D eigenvalue weighted by Gasteiger charge is -2.13. The molecule has 3 aromatic carbocycles. The van der Waals surface area contributed by atoms with Gasteiger partial charge in [0.2, 0.25) is 0 Å². The SMILES string of the molecule is Cc1ccc(-c2nc3ccccc3n(Cc3ccc(C(=O)NO)cc3)c2=O)cc1. The quantitative estimate of drug-likeness (QED) is 0.416. The Morgan fingerprint density at radius 2 is 1.69 bits per heavy atom. The number of aromatic nitrogens is 2. The van der Waals surface area contributed by atoms with Crippen LogP contribution in [0.5, 0.6) is 0 Å². The molecule has 0 spiro atoms. The number of aryl methyl sites for hydroxylation is 1. The highest BCUT2D eigenvalue weighted by molar-refractivity contribution is 5.93. The highest BCUT2D eigenvalue weighted by atomic mass is 16.5. The first-order valence-corrected chi connectivity index (χ1v) is 9.17. The van der Waals surface area contributed by atoms with E-state index < -0.39 is 5.91 Å². The molecule has 6 nitrogen and oxygen atoms in total. The van der Waals surface area contributed by atoms with Gasteiger partial charge in [-0.05, 0) is 36.8 Å². The van der Waals surface area contributed by atoms with Crippen molar-refractivity contribution in [2.75, 3.05) is 0 Å². The van der Waals surface area contributed by atoms with Gasteiger partial charge in [0, 0.05) is 11.1 Å². The molecule has 4 rings (SSSR count). The Hall–Kier alpha value is -3.77. The number of hydroxylamine groups is 1. The average molecular weight is 385 g/mol. The second kappa shape index (κ2) is 7.69. The molecule has 0 aliphatic carbocycles. The largest absolute Gasteiger partial charge is 0.300 e. The number of carbonyl (C=O) groups excluding carboxylic acids is 1. The first-order valence-electron chi connectivity index (χ1n) is 9.17. The Morgan fingerprint density at radius 1 is 1.00 bits per heavy atom. The molecule has 1 heterocycles. The lowest BCUT2D eigenvalue weighted by Crippen LogP contribution is -2.24. The fourth-order valence-corrected chi connectivity index (χ4v) is 3.26. The Kier molecular flexibility index (Phi) is 4.93. The summed E-state index contributed by atoms with van der Waals surface area (Å²) in [5, 5.41) is 8.75. The van der Waals surface area contributed by atoms with Crippen molar-refractivity contribution in [3.8, 4) is 11.3 Å². The Balaban J connectivity index is 1.82. The molecule has 0 unspecified atom stereocenters. The topological polar surface area (TPSA) is 84.2 Å². The number of amides is 1. The number of rotatable bonds is 4. The maximum Gasteiger partial charge on any atom is 0.277 e. The molecule has 2 N–H and O–H groups in total. The van der Waals surface area contributed by atoms with Crippen LogP contribution in [0.25, 0.3) is 22.3 Å². The summed E-state index contributed by atoms with van der Waals surface area (Å²) in [6.07, 6.45) is 0. The molecule has 0 radical (unpaired) electrons. The number of hydrogen-bond acceptors (Lipinski definition) is 4. The predicted molar refractivity (Wildman–Crippen MR) is 111 cm³/mol. The van der Waals surface area contributed by atoms with Crippen molar-refractivity contribution in [1.29, 1.82) is 0 Å². The summed E-state index contributed by atoms with van der Waals surface area (Å²) in [5.41, 5.74) is 6.39. The van der Waals surface area contributed by atoms with E-state index in [1.165, 1.54) is 0 Å². The normalized spacial score (nSPS) is 10.8. The van der Waals surface area contributed by atoms with Gasteiger partial charge in [-0.15, -0.1) is 0 Å². The van der Waals surface area contributed by atoms with Crippen LogP contribution in [-0.2, 0) is 6.54 Å². The first-order chi connectivity index (χ1) is 14.1. The van der Waals surface area contributed by atoms with Crippen LogP contribution in [-0.4, -0.2) is 20.7 Å². The van der Waals surface area contributed by atoms with Crippen LogP contribution in [0.15, 0.2) is 77.6 Å². The third kappa shape index (κ3) is 3.66. The number of para-hydroxylation sites is 2. The summed E-state index contributed by atoms with van der Waals surface area (Å²) in [6.45, 7) is 2.33. The van der Waals surface area contributed by atoms with E-state index in [2.05, 4.69) is 4.98 Å². The Bertz CT molecular complexity index is 1240. The van der Waals surface area contributed by atoms with Crippen LogP contribution in [0.3, 0.4) is 0 Å². The van der Waals surface area contributed by atoms with E-state index >= 15 is 0 Å². The van der Waals surface area contributed by atoms with Crippen molar-refractivity contribution in [2.24, 2.45) is 0 Å². The number of benzene rings is 3. The van der Waals surface area contributed by atoms with Crippen LogP contribution in [0, 0.1) is 6.92 Å².